The van der Waals surface area contributed by atoms with E-state index in [-0.39, 0.29) is 0 Å². The van der Waals surface area contributed by atoms with Crippen molar-refractivity contribution in [3.8, 4) is 0 Å². The van der Waals surface area contributed by atoms with Gasteiger partial charge in [-0.1, -0.05) is 91.0 Å². The maximum atomic E-state index is 2.59. The zero-order valence-corrected chi connectivity index (χ0v) is 17.1. The molecule has 4 atom stereocenters. The van der Waals surface area contributed by atoms with E-state index in [1.165, 1.54) is 64.2 Å². The maximum Gasteiger partial charge on any atom is -0.0151 e. The first-order chi connectivity index (χ1) is 11.4. The van der Waals surface area contributed by atoms with E-state index >= 15 is 0 Å². The SMILES string of the molecule is CCC1(C)CCCCCCCC=CC(C)(C)CC2CC=CC1C2C. The lowest BCUT2D eigenvalue weighted by Crippen LogP contribution is -2.37. The highest BCUT2D eigenvalue weighted by atomic mass is 14.4. The second kappa shape index (κ2) is 8.72. The summed E-state index contributed by atoms with van der Waals surface area (Å²) in [5.41, 5.74) is 0.839. The summed E-state index contributed by atoms with van der Waals surface area (Å²) in [4.78, 5) is 0. The van der Waals surface area contributed by atoms with Gasteiger partial charge in [0.2, 0.25) is 0 Å². The molecule has 0 radical (unpaired) electrons. The molecule has 2 aliphatic carbocycles. The van der Waals surface area contributed by atoms with Gasteiger partial charge in [-0.25, -0.2) is 0 Å². The van der Waals surface area contributed by atoms with Crippen molar-refractivity contribution in [1.29, 1.82) is 0 Å². The summed E-state index contributed by atoms with van der Waals surface area (Å²) in [5, 5.41) is 0. The number of allylic oxidation sites excluding steroid dienone is 4. The molecule has 2 bridgehead atoms. The molecule has 0 aromatic heterocycles. The van der Waals surface area contributed by atoms with Crippen LogP contribution in [0.4, 0.5) is 0 Å². The smallest absolute Gasteiger partial charge is 0.0151 e. The molecule has 2 rings (SSSR count). The van der Waals surface area contributed by atoms with Gasteiger partial charge in [-0.05, 0) is 60.7 Å². The molecule has 0 N–H and O–H groups in total. The van der Waals surface area contributed by atoms with Gasteiger partial charge in [-0.15, -0.1) is 0 Å². The van der Waals surface area contributed by atoms with E-state index in [1.54, 1.807) is 0 Å². The van der Waals surface area contributed by atoms with Gasteiger partial charge >= 0.3 is 0 Å². The fraction of sp³-hybridized carbons (Fsp3) is 0.833. The minimum atomic E-state index is 0.345. The van der Waals surface area contributed by atoms with Gasteiger partial charge in [0, 0.05) is 0 Å². The van der Waals surface area contributed by atoms with E-state index in [0.29, 0.717) is 10.8 Å². The molecular weight excluding hydrogens is 288 g/mol. The van der Waals surface area contributed by atoms with E-state index in [9.17, 15) is 0 Å². The Labute approximate surface area is 152 Å². The summed E-state index contributed by atoms with van der Waals surface area (Å²) in [6, 6.07) is 0. The largest absolute Gasteiger partial charge is 0.0880 e. The molecule has 0 heterocycles. The molecule has 0 nitrogen and oxygen atoms in total. The fourth-order valence-electron chi connectivity index (χ4n) is 5.27. The normalized spacial score (nSPS) is 38.3. The summed E-state index contributed by atoms with van der Waals surface area (Å²) < 4.78 is 0. The number of hydrogen-bond donors (Lipinski definition) is 0. The lowest BCUT2D eigenvalue weighted by atomic mass is 9.60. The first-order valence-corrected chi connectivity index (χ1v) is 10.7. The highest BCUT2D eigenvalue weighted by Crippen LogP contribution is 2.48. The van der Waals surface area contributed by atoms with Crippen LogP contribution in [0, 0.1) is 28.6 Å². The van der Waals surface area contributed by atoms with Crippen LogP contribution < -0.4 is 0 Å². The predicted molar refractivity (Wildman–Crippen MR) is 108 cm³/mol. The standard InChI is InChI=1S/C24H42/c1-6-24(5)18-13-11-9-7-8-10-12-17-23(3,4)19-21-15-14-16-22(24)20(21)2/h12,14,16-17,20-22H,6-11,13,15,18-19H2,1-5H3. The van der Waals surface area contributed by atoms with Crippen LogP contribution >= 0.6 is 0 Å². The van der Waals surface area contributed by atoms with E-state index in [2.05, 4.69) is 58.9 Å². The van der Waals surface area contributed by atoms with Crippen molar-refractivity contribution in [2.24, 2.45) is 28.6 Å². The second-order valence-electron chi connectivity index (χ2n) is 9.72. The van der Waals surface area contributed by atoms with Gasteiger partial charge < -0.3 is 0 Å². The van der Waals surface area contributed by atoms with Crippen molar-refractivity contribution in [1.82, 2.24) is 0 Å². The molecule has 0 saturated heterocycles. The van der Waals surface area contributed by atoms with Crippen molar-refractivity contribution in [3.63, 3.8) is 0 Å². The molecule has 0 saturated carbocycles. The quantitative estimate of drug-likeness (QED) is 0.428. The van der Waals surface area contributed by atoms with Crippen LogP contribution in [-0.4, -0.2) is 0 Å². The van der Waals surface area contributed by atoms with Crippen LogP contribution in [0.1, 0.15) is 98.8 Å². The van der Waals surface area contributed by atoms with Gasteiger partial charge in [0.15, 0.2) is 0 Å². The Hall–Kier alpha value is -0.520. The van der Waals surface area contributed by atoms with Gasteiger partial charge in [0.1, 0.15) is 0 Å². The molecule has 24 heavy (non-hydrogen) atoms. The summed E-state index contributed by atoms with van der Waals surface area (Å²) in [6.07, 6.45) is 23.8. The Morgan fingerprint density at radius 2 is 1.67 bits per heavy atom. The molecular formula is C24H42. The Morgan fingerprint density at radius 3 is 2.42 bits per heavy atom. The highest BCUT2D eigenvalue weighted by Gasteiger charge is 2.39. The fourth-order valence-corrected chi connectivity index (χ4v) is 5.27. The van der Waals surface area contributed by atoms with Crippen LogP contribution in [0.3, 0.4) is 0 Å². The third-order valence-corrected chi connectivity index (χ3v) is 7.18. The molecule has 2 aliphatic rings. The van der Waals surface area contributed by atoms with Crippen molar-refractivity contribution in [3.05, 3.63) is 24.3 Å². The Kier molecular flexibility index (Phi) is 7.20. The Balaban J connectivity index is 2.20. The van der Waals surface area contributed by atoms with Gasteiger partial charge in [-0.2, -0.15) is 0 Å². The third kappa shape index (κ3) is 5.24. The summed E-state index contributed by atoms with van der Waals surface area (Å²) in [6.45, 7) is 12.4. The molecule has 0 amide bonds. The minimum absolute atomic E-state index is 0.345. The molecule has 0 aliphatic heterocycles. The Bertz CT molecular complexity index is 427. The lowest BCUT2D eigenvalue weighted by Gasteiger charge is -2.45. The predicted octanol–water partition coefficient (Wildman–Crippen LogP) is 7.95. The van der Waals surface area contributed by atoms with Crippen molar-refractivity contribution in [2.75, 3.05) is 0 Å². The van der Waals surface area contributed by atoms with E-state index in [4.69, 9.17) is 0 Å². The molecule has 4 unspecified atom stereocenters. The number of hydrogen-bond acceptors (Lipinski definition) is 0. The molecule has 0 fully saturated rings. The van der Waals surface area contributed by atoms with E-state index < -0.39 is 0 Å². The average molecular weight is 331 g/mol. The minimum Gasteiger partial charge on any atom is -0.0880 e. The van der Waals surface area contributed by atoms with Crippen molar-refractivity contribution in [2.45, 2.75) is 98.8 Å². The van der Waals surface area contributed by atoms with Crippen LogP contribution in [0.25, 0.3) is 0 Å². The zero-order valence-electron chi connectivity index (χ0n) is 17.1. The first kappa shape index (κ1) is 19.8. The summed E-state index contributed by atoms with van der Waals surface area (Å²) in [7, 11) is 0. The van der Waals surface area contributed by atoms with E-state index in [0.717, 1.165) is 17.8 Å². The average Bonchev–Trinajstić information content (AvgIpc) is 2.54. The van der Waals surface area contributed by atoms with E-state index in [1.807, 2.05) is 0 Å². The molecule has 0 aromatic carbocycles. The third-order valence-electron chi connectivity index (χ3n) is 7.18. The molecule has 138 valence electrons. The van der Waals surface area contributed by atoms with Crippen LogP contribution in [-0.2, 0) is 0 Å². The highest BCUT2D eigenvalue weighted by molar-refractivity contribution is 5.07. The van der Waals surface area contributed by atoms with Crippen LogP contribution in [0.5, 0.6) is 0 Å². The van der Waals surface area contributed by atoms with Crippen LogP contribution in [0.15, 0.2) is 24.3 Å². The summed E-state index contributed by atoms with van der Waals surface area (Å²) >= 11 is 0. The van der Waals surface area contributed by atoms with Gasteiger partial charge in [0.05, 0.1) is 0 Å². The Morgan fingerprint density at radius 1 is 0.958 bits per heavy atom. The van der Waals surface area contributed by atoms with Crippen LogP contribution in [0.2, 0.25) is 0 Å². The van der Waals surface area contributed by atoms with Crippen molar-refractivity contribution < 1.29 is 0 Å². The van der Waals surface area contributed by atoms with Gasteiger partial charge in [0.25, 0.3) is 0 Å². The number of rotatable bonds is 1. The zero-order chi connectivity index (χ0) is 17.6. The first-order valence-electron chi connectivity index (χ1n) is 10.7. The lowest BCUT2D eigenvalue weighted by molar-refractivity contribution is 0.0886. The van der Waals surface area contributed by atoms with Gasteiger partial charge in [-0.3, -0.25) is 0 Å². The molecule has 0 spiro atoms. The number of fused-ring (bicyclic) bond motifs is 2. The molecule has 0 heteroatoms. The summed E-state index contributed by atoms with van der Waals surface area (Å²) in [5.74, 6) is 2.43. The van der Waals surface area contributed by atoms with Crippen molar-refractivity contribution >= 4 is 0 Å². The monoisotopic (exact) mass is 330 g/mol. The molecule has 0 aromatic rings. The second-order valence-corrected chi connectivity index (χ2v) is 9.72. The topological polar surface area (TPSA) is 0 Å². The maximum absolute atomic E-state index is 2.59.